The Morgan fingerprint density at radius 3 is 2.61 bits per heavy atom. The number of benzene rings is 1. The fourth-order valence-corrected chi connectivity index (χ4v) is 1.83. The fourth-order valence-electron chi connectivity index (χ4n) is 1.65. The Bertz CT molecular complexity index is 632. The van der Waals surface area contributed by atoms with Gasteiger partial charge in [-0.05, 0) is 18.6 Å². The molecule has 0 atom stereocenters. The van der Waals surface area contributed by atoms with E-state index < -0.39 is 0 Å². The first-order valence-corrected chi connectivity index (χ1v) is 6.23. The van der Waals surface area contributed by atoms with Crippen LogP contribution in [0.4, 0.5) is 0 Å². The second-order valence-corrected chi connectivity index (χ2v) is 5.04. The minimum atomic E-state index is -0.139. The molecule has 0 bridgehead atoms. The van der Waals surface area contributed by atoms with Crippen LogP contribution < -0.4 is 5.56 Å². The third-order valence-electron chi connectivity index (χ3n) is 2.77. The lowest BCUT2D eigenvalue weighted by Crippen LogP contribution is -2.12. The lowest BCUT2D eigenvalue weighted by atomic mass is 10.1. The molecule has 2 aromatic rings. The van der Waals surface area contributed by atoms with Crippen molar-refractivity contribution in [1.29, 1.82) is 0 Å². The van der Waals surface area contributed by atoms with Crippen molar-refractivity contribution in [2.45, 2.75) is 26.7 Å². The Morgan fingerprint density at radius 1 is 1.28 bits per heavy atom. The number of aromatic nitrogens is 2. The first-order valence-electron chi connectivity index (χ1n) is 5.85. The number of nitrogens with zero attached hydrogens (tertiary/aromatic N) is 1. The zero-order valence-corrected chi connectivity index (χ0v) is 11.4. The standard InChI is InChI=1S/C14H15ClN2O/c1-8(2)14-16-12(7-13(18)17-14)10-5-4-9(3)11(15)6-10/h4-8H,1-3H3,(H,16,17,18). The number of aromatic amines is 1. The lowest BCUT2D eigenvalue weighted by Gasteiger charge is -2.08. The number of hydrogen-bond donors (Lipinski definition) is 1. The number of halogens is 1. The van der Waals surface area contributed by atoms with Gasteiger partial charge in [-0.25, -0.2) is 4.98 Å². The molecule has 0 aliphatic heterocycles. The van der Waals surface area contributed by atoms with E-state index in [2.05, 4.69) is 9.97 Å². The van der Waals surface area contributed by atoms with Gasteiger partial charge in [-0.1, -0.05) is 37.6 Å². The molecule has 2 rings (SSSR count). The summed E-state index contributed by atoms with van der Waals surface area (Å²) in [5.41, 5.74) is 2.39. The highest BCUT2D eigenvalue weighted by molar-refractivity contribution is 6.31. The van der Waals surface area contributed by atoms with Crippen molar-refractivity contribution >= 4 is 11.6 Å². The number of rotatable bonds is 2. The minimum absolute atomic E-state index is 0.139. The molecule has 1 heterocycles. The van der Waals surface area contributed by atoms with Crippen molar-refractivity contribution in [3.8, 4) is 11.3 Å². The molecule has 4 heteroatoms. The Labute approximate surface area is 111 Å². The third-order valence-corrected chi connectivity index (χ3v) is 3.18. The molecule has 18 heavy (non-hydrogen) atoms. The Morgan fingerprint density at radius 2 is 2.00 bits per heavy atom. The van der Waals surface area contributed by atoms with Crippen LogP contribution in [0, 0.1) is 6.92 Å². The van der Waals surface area contributed by atoms with Crippen LogP contribution in [-0.2, 0) is 0 Å². The van der Waals surface area contributed by atoms with Crippen LogP contribution in [0.15, 0.2) is 29.1 Å². The van der Waals surface area contributed by atoms with E-state index in [0.29, 0.717) is 16.5 Å². The van der Waals surface area contributed by atoms with Crippen LogP contribution >= 0.6 is 11.6 Å². The molecular formula is C14H15ClN2O. The topological polar surface area (TPSA) is 45.8 Å². The summed E-state index contributed by atoms with van der Waals surface area (Å²) in [4.78, 5) is 18.8. The lowest BCUT2D eigenvalue weighted by molar-refractivity contribution is 0.768. The van der Waals surface area contributed by atoms with Crippen LogP contribution in [0.3, 0.4) is 0 Å². The molecular weight excluding hydrogens is 248 g/mol. The summed E-state index contributed by atoms with van der Waals surface area (Å²) in [7, 11) is 0. The van der Waals surface area contributed by atoms with E-state index in [1.807, 2.05) is 39.0 Å². The van der Waals surface area contributed by atoms with E-state index >= 15 is 0 Å². The van der Waals surface area contributed by atoms with Crippen molar-refractivity contribution in [2.75, 3.05) is 0 Å². The molecule has 1 N–H and O–H groups in total. The first-order chi connectivity index (χ1) is 8.47. The molecule has 0 fully saturated rings. The van der Waals surface area contributed by atoms with Gasteiger partial charge in [-0.15, -0.1) is 0 Å². The molecule has 94 valence electrons. The zero-order chi connectivity index (χ0) is 13.3. The maximum atomic E-state index is 11.6. The van der Waals surface area contributed by atoms with Crippen LogP contribution in [0.1, 0.15) is 31.2 Å². The molecule has 0 unspecified atom stereocenters. The molecule has 0 radical (unpaired) electrons. The molecule has 0 saturated heterocycles. The smallest absolute Gasteiger partial charge is 0.251 e. The van der Waals surface area contributed by atoms with Gasteiger partial charge in [-0.2, -0.15) is 0 Å². The van der Waals surface area contributed by atoms with Gasteiger partial charge in [0.25, 0.3) is 5.56 Å². The van der Waals surface area contributed by atoms with Gasteiger partial charge in [0.2, 0.25) is 0 Å². The molecule has 0 amide bonds. The molecule has 0 spiro atoms. The second-order valence-electron chi connectivity index (χ2n) is 4.63. The Hall–Kier alpha value is -1.61. The van der Waals surface area contributed by atoms with Gasteiger partial charge in [0.15, 0.2) is 0 Å². The van der Waals surface area contributed by atoms with Gasteiger partial charge >= 0.3 is 0 Å². The summed E-state index contributed by atoms with van der Waals surface area (Å²) in [6.45, 7) is 5.92. The monoisotopic (exact) mass is 262 g/mol. The van der Waals surface area contributed by atoms with Gasteiger partial charge < -0.3 is 4.98 Å². The van der Waals surface area contributed by atoms with E-state index in [4.69, 9.17) is 11.6 Å². The van der Waals surface area contributed by atoms with Gasteiger partial charge in [0.05, 0.1) is 5.69 Å². The number of H-pyrrole nitrogens is 1. The van der Waals surface area contributed by atoms with E-state index in [1.54, 1.807) is 0 Å². The normalized spacial score (nSPS) is 10.9. The third kappa shape index (κ3) is 2.62. The Balaban J connectivity index is 2.56. The summed E-state index contributed by atoms with van der Waals surface area (Å²) in [5, 5.41) is 0.681. The first kappa shape index (κ1) is 12.8. The molecule has 0 saturated carbocycles. The number of hydrogen-bond acceptors (Lipinski definition) is 2. The maximum Gasteiger partial charge on any atom is 0.251 e. The number of aryl methyl sites for hydroxylation is 1. The minimum Gasteiger partial charge on any atom is -0.310 e. The van der Waals surface area contributed by atoms with E-state index in [9.17, 15) is 4.79 Å². The zero-order valence-electron chi connectivity index (χ0n) is 10.6. The molecule has 3 nitrogen and oxygen atoms in total. The maximum absolute atomic E-state index is 11.6. The quantitative estimate of drug-likeness (QED) is 0.900. The van der Waals surface area contributed by atoms with E-state index in [-0.39, 0.29) is 11.5 Å². The predicted octanol–water partition coefficient (Wildman–Crippen LogP) is 3.52. The SMILES string of the molecule is Cc1ccc(-c2cc(=O)[nH]c(C(C)C)n2)cc1Cl. The fraction of sp³-hybridized carbons (Fsp3) is 0.286. The summed E-state index contributed by atoms with van der Waals surface area (Å²) in [5.74, 6) is 0.868. The average Bonchev–Trinajstić information content (AvgIpc) is 2.31. The van der Waals surface area contributed by atoms with Crippen molar-refractivity contribution in [2.24, 2.45) is 0 Å². The van der Waals surface area contributed by atoms with Crippen LogP contribution in [0.25, 0.3) is 11.3 Å². The highest BCUT2D eigenvalue weighted by Gasteiger charge is 2.08. The number of nitrogens with one attached hydrogen (secondary N) is 1. The van der Waals surface area contributed by atoms with Crippen molar-refractivity contribution < 1.29 is 0 Å². The van der Waals surface area contributed by atoms with Crippen LogP contribution in [-0.4, -0.2) is 9.97 Å². The highest BCUT2D eigenvalue weighted by atomic mass is 35.5. The van der Waals surface area contributed by atoms with Crippen molar-refractivity contribution in [3.63, 3.8) is 0 Å². The molecule has 0 aliphatic rings. The van der Waals surface area contributed by atoms with Crippen molar-refractivity contribution in [3.05, 3.63) is 51.0 Å². The second kappa shape index (κ2) is 4.94. The largest absolute Gasteiger partial charge is 0.310 e. The van der Waals surface area contributed by atoms with Crippen molar-refractivity contribution in [1.82, 2.24) is 9.97 Å². The van der Waals surface area contributed by atoms with E-state index in [0.717, 1.165) is 11.1 Å². The van der Waals surface area contributed by atoms with Crippen LogP contribution in [0.5, 0.6) is 0 Å². The summed E-state index contributed by atoms with van der Waals surface area (Å²) >= 11 is 6.09. The van der Waals surface area contributed by atoms with Gasteiger partial charge in [-0.3, -0.25) is 4.79 Å². The average molecular weight is 263 g/mol. The van der Waals surface area contributed by atoms with Crippen LogP contribution in [0.2, 0.25) is 5.02 Å². The van der Waals surface area contributed by atoms with Gasteiger partial charge in [0, 0.05) is 22.6 Å². The molecule has 1 aromatic heterocycles. The molecule has 0 aliphatic carbocycles. The summed E-state index contributed by atoms with van der Waals surface area (Å²) < 4.78 is 0. The summed E-state index contributed by atoms with van der Waals surface area (Å²) in [6.07, 6.45) is 0. The predicted molar refractivity (Wildman–Crippen MR) is 74.1 cm³/mol. The summed E-state index contributed by atoms with van der Waals surface area (Å²) in [6, 6.07) is 7.18. The Kier molecular flexibility index (Phi) is 3.53. The van der Waals surface area contributed by atoms with E-state index in [1.165, 1.54) is 6.07 Å². The molecule has 1 aromatic carbocycles. The van der Waals surface area contributed by atoms with Gasteiger partial charge in [0.1, 0.15) is 5.82 Å². The highest BCUT2D eigenvalue weighted by Crippen LogP contribution is 2.23.